The van der Waals surface area contributed by atoms with E-state index >= 15 is 0 Å². The van der Waals surface area contributed by atoms with Gasteiger partial charge in [-0.05, 0) is 13.3 Å². The SMILES string of the molecule is CCCCN1C(=O)CS(=O)C1C. The summed E-state index contributed by atoms with van der Waals surface area (Å²) in [4.78, 5) is 13.0. The Morgan fingerprint density at radius 3 is 2.75 bits per heavy atom. The first kappa shape index (κ1) is 9.71. The number of rotatable bonds is 3. The van der Waals surface area contributed by atoms with E-state index in [1.807, 2.05) is 6.92 Å². The summed E-state index contributed by atoms with van der Waals surface area (Å²) in [5, 5.41) is -0.0657. The van der Waals surface area contributed by atoms with Crippen molar-refractivity contribution in [3.05, 3.63) is 0 Å². The molecule has 1 fully saturated rings. The molecule has 70 valence electrons. The van der Waals surface area contributed by atoms with E-state index in [1.54, 1.807) is 4.90 Å². The smallest absolute Gasteiger partial charge is 0.236 e. The molecule has 3 nitrogen and oxygen atoms in total. The molecule has 2 unspecified atom stereocenters. The molecular weight excluding hydrogens is 174 g/mol. The Morgan fingerprint density at radius 1 is 1.67 bits per heavy atom. The zero-order valence-corrected chi connectivity index (χ0v) is 8.39. The second kappa shape index (κ2) is 4.03. The van der Waals surface area contributed by atoms with E-state index in [1.165, 1.54) is 0 Å². The molecule has 0 aromatic carbocycles. The number of carbonyl (C=O) groups is 1. The van der Waals surface area contributed by atoms with Crippen molar-refractivity contribution in [1.29, 1.82) is 0 Å². The lowest BCUT2D eigenvalue weighted by atomic mass is 10.3. The predicted octanol–water partition coefficient (Wildman–Crippen LogP) is 0.723. The summed E-state index contributed by atoms with van der Waals surface area (Å²) in [6.07, 6.45) is 2.08. The van der Waals surface area contributed by atoms with Crippen LogP contribution >= 0.6 is 0 Å². The summed E-state index contributed by atoms with van der Waals surface area (Å²) in [7, 11) is -0.955. The van der Waals surface area contributed by atoms with Gasteiger partial charge in [0.15, 0.2) is 0 Å². The Hall–Kier alpha value is -0.380. The molecule has 4 heteroatoms. The van der Waals surface area contributed by atoms with Crippen molar-refractivity contribution >= 4 is 16.7 Å². The summed E-state index contributed by atoms with van der Waals surface area (Å²) in [6.45, 7) is 4.71. The first-order valence-corrected chi connectivity index (χ1v) is 5.71. The van der Waals surface area contributed by atoms with Crippen molar-refractivity contribution in [3.8, 4) is 0 Å². The van der Waals surface area contributed by atoms with Crippen LogP contribution in [0.5, 0.6) is 0 Å². The number of nitrogens with zero attached hydrogens (tertiary/aromatic N) is 1. The van der Waals surface area contributed by atoms with Crippen LogP contribution < -0.4 is 0 Å². The van der Waals surface area contributed by atoms with E-state index in [0.717, 1.165) is 19.4 Å². The molecular formula is C8H15NO2S. The number of hydrogen-bond acceptors (Lipinski definition) is 2. The van der Waals surface area contributed by atoms with Crippen LogP contribution in [0.25, 0.3) is 0 Å². The third-order valence-corrected chi connectivity index (χ3v) is 3.70. The minimum absolute atomic E-state index is 0.0503. The van der Waals surface area contributed by atoms with Crippen LogP contribution in [0.3, 0.4) is 0 Å². The van der Waals surface area contributed by atoms with Gasteiger partial charge in [0.2, 0.25) is 5.91 Å². The molecule has 12 heavy (non-hydrogen) atoms. The predicted molar refractivity (Wildman–Crippen MR) is 49.1 cm³/mol. The standard InChI is InChI=1S/C8H15NO2S/c1-3-4-5-9-7(2)12(11)6-8(9)10/h7H,3-6H2,1-2H3. The minimum Gasteiger partial charge on any atom is -0.328 e. The molecule has 0 aromatic rings. The summed E-state index contributed by atoms with van der Waals surface area (Å²) in [6, 6.07) is 0. The number of hydrogen-bond donors (Lipinski definition) is 0. The van der Waals surface area contributed by atoms with Gasteiger partial charge < -0.3 is 4.90 Å². The van der Waals surface area contributed by atoms with E-state index in [-0.39, 0.29) is 17.0 Å². The van der Waals surface area contributed by atoms with Gasteiger partial charge in [0, 0.05) is 6.54 Å². The maximum Gasteiger partial charge on any atom is 0.236 e. The highest BCUT2D eigenvalue weighted by Gasteiger charge is 2.33. The van der Waals surface area contributed by atoms with E-state index < -0.39 is 10.8 Å². The van der Waals surface area contributed by atoms with Gasteiger partial charge in [0.1, 0.15) is 11.1 Å². The molecule has 0 radical (unpaired) electrons. The second-order valence-electron chi connectivity index (χ2n) is 3.07. The van der Waals surface area contributed by atoms with Gasteiger partial charge in [-0.1, -0.05) is 13.3 Å². The van der Waals surface area contributed by atoms with Gasteiger partial charge >= 0.3 is 0 Å². The number of amides is 1. The molecule has 1 saturated heterocycles. The second-order valence-corrected chi connectivity index (χ2v) is 4.80. The average molecular weight is 189 g/mol. The monoisotopic (exact) mass is 189 g/mol. The molecule has 1 aliphatic heterocycles. The van der Waals surface area contributed by atoms with Crippen LogP contribution in [0.1, 0.15) is 26.7 Å². The van der Waals surface area contributed by atoms with E-state index in [2.05, 4.69) is 6.92 Å². The molecule has 1 aliphatic rings. The van der Waals surface area contributed by atoms with Crippen molar-refractivity contribution in [2.75, 3.05) is 12.3 Å². The van der Waals surface area contributed by atoms with Gasteiger partial charge in [-0.2, -0.15) is 0 Å². The van der Waals surface area contributed by atoms with Crippen molar-refractivity contribution in [1.82, 2.24) is 4.90 Å². The van der Waals surface area contributed by atoms with Crippen LogP contribution in [0.15, 0.2) is 0 Å². The highest BCUT2D eigenvalue weighted by atomic mass is 32.2. The molecule has 0 aliphatic carbocycles. The average Bonchev–Trinajstić information content (AvgIpc) is 2.25. The van der Waals surface area contributed by atoms with E-state index in [4.69, 9.17) is 0 Å². The quantitative estimate of drug-likeness (QED) is 0.656. The molecule has 0 N–H and O–H groups in total. The zero-order chi connectivity index (χ0) is 9.14. The largest absolute Gasteiger partial charge is 0.328 e. The Balaban J connectivity index is 2.51. The van der Waals surface area contributed by atoms with Crippen molar-refractivity contribution in [2.24, 2.45) is 0 Å². The molecule has 0 saturated carbocycles. The van der Waals surface area contributed by atoms with E-state index in [9.17, 15) is 9.00 Å². The lowest BCUT2D eigenvalue weighted by molar-refractivity contribution is -0.127. The first-order chi connectivity index (χ1) is 5.66. The van der Waals surface area contributed by atoms with Gasteiger partial charge in [-0.15, -0.1) is 0 Å². The van der Waals surface area contributed by atoms with Crippen LogP contribution in [-0.2, 0) is 15.6 Å². The van der Waals surface area contributed by atoms with Crippen LogP contribution in [0.4, 0.5) is 0 Å². The van der Waals surface area contributed by atoms with Crippen LogP contribution in [0.2, 0.25) is 0 Å². The molecule has 2 atom stereocenters. The number of carbonyl (C=O) groups excluding carboxylic acids is 1. The summed E-state index contributed by atoms with van der Waals surface area (Å²) in [5.74, 6) is 0.277. The van der Waals surface area contributed by atoms with Gasteiger partial charge in [0.25, 0.3) is 0 Å². The third kappa shape index (κ3) is 1.86. The van der Waals surface area contributed by atoms with Crippen molar-refractivity contribution in [3.63, 3.8) is 0 Å². The Kier molecular flexibility index (Phi) is 3.26. The van der Waals surface area contributed by atoms with Crippen LogP contribution in [0, 0.1) is 0 Å². The molecule has 0 aromatic heterocycles. The summed E-state index contributed by atoms with van der Waals surface area (Å²) >= 11 is 0. The van der Waals surface area contributed by atoms with Crippen LogP contribution in [-0.4, -0.2) is 32.7 Å². The lowest BCUT2D eigenvalue weighted by Crippen LogP contribution is -2.32. The minimum atomic E-state index is -0.955. The van der Waals surface area contributed by atoms with E-state index in [0.29, 0.717) is 0 Å². The molecule has 0 spiro atoms. The summed E-state index contributed by atoms with van der Waals surface area (Å²) < 4.78 is 11.2. The van der Waals surface area contributed by atoms with Crippen molar-refractivity contribution in [2.45, 2.75) is 32.1 Å². The maximum atomic E-state index is 11.2. The van der Waals surface area contributed by atoms with Gasteiger partial charge in [-0.25, -0.2) is 0 Å². The first-order valence-electron chi connectivity index (χ1n) is 4.33. The fraction of sp³-hybridized carbons (Fsp3) is 0.875. The molecule has 1 heterocycles. The Bertz CT molecular complexity index is 205. The topological polar surface area (TPSA) is 37.4 Å². The molecule has 1 rings (SSSR count). The Morgan fingerprint density at radius 2 is 2.33 bits per heavy atom. The third-order valence-electron chi connectivity index (χ3n) is 2.16. The van der Waals surface area contributed by atoms with Gasteiger partial charge in [0.05, 0.1) is 10.8 Å². The Labute approximate surface area is 75.6 Å². The highest BCUT2D eigenvalue weighted by Crippen LogP contribution is 2.14. The number of unbranched alkanes of at least 4 members (excludes halogenated alkanes) is 1. The highest BCUT2D eigenvalue weighted by molar-refractivity contribution is 7.86. The lowest BCUT2D eigenvalue weighted by Gasteiger charge is -2.19. The fourth-order valence-corrected chi connectivity index (χ4v) is 2.46. The maximum absolute atomic E-state index is 11.2. The normalized spacial score (nSPS) is 29.8. The fourth-order valence-electron chi connectivity index (χ4n) is 1.30. The zero-order valence-electron chi connectivity index (χ0n) is 7.58. The molecule has 0 bridgehead atoms. The summed E-state index contributed by atoms with van der Waals surface area (Å²) in [5.41, 5.74) is 0. The molecule has 1 amide bonds. The van der Waals surface area contributed by atoms with Crippen molar-refractivity contribution < 1.29 is 9.00 Å². The van der Waals surface area contributed by atoms with Gasteiger partial charge in [-0.3, -0.25) is 9.00 Å².